The van der Waals surface area contributed by atoms with E-state index in [9.17, 15) is 38.7 Å². The Hall–Kier alpha value is -2.20. The first kappa shape index (κ1) is 21.1. The summed E-state index contributed by atoms with van der Waals surface area (Å²) in [7, 11) is -4.89. The van der Waals surface area contributed by atoms with Crippen molar-refractivity contribution < 1.29 is 62.1 Å². The molecule has 0 saturated carbocycles. The number of phenolic OH excluding ortho intramolecular Hbond substituents is 2. The highest BCUT2D eigenvalue weighted by Gasteiger charge is 2.46. The average Bonchev–Trinajstić information content (AvgIpc) is 2.55. The molecular formula is C13H16O13S. The molecule has 0 aliphatic carbocycles. The Labute approximate surface area is 151 Å². The second-order valence-corrected chi connectivity index (χ2v) is 6.58. The minimum absolute atomic E-state index is 0.475. The van der Waals surface area contributed by atoms with Gasteiger partial charge in [-0.15, -0.1) is 0 Å². The van der Waals surface area contributed by atoms with Crippen LogP contribution in [0.4, 0.5) is 0 Å². The largest absolute Gasteiger partial charge is 0.504 e. The Morgan fingerprint density at radius 1 is 1.07 bits per heavy atom. The summed E-state index contributed by atoms with van der Waals surface area (Å²) in [4.78, 5) is 10.9. The van der Waals surface area contributed by atoms with Gasteiger partial charge in [0, 0.05) is 0 Å². The van der Waals surface area contributed by atoms with Crippen molar-refractivity contribution >= 4 is 16.4 Å². The molecule has 0 unspecified atom stereocenters. The Morgan fingerprint density at radius 2 is 1.63 bits per heavy atom. The Kier molecular flexibility index (Phi) is 6.10. The summed E-state index contributed by atoms with van der Waals surface area (Å²) in [5.74, 6) is -3.84. The summed E-state index contributed by atoms with van der Waals surface area (Å²) >= 11 is 0. The highest BCUT2D eigenvalue weighted by molar-refractivity contribution is 7.80. The van der Waals surface area contributed by atoms with E-state index in [4.69, 9.17) is 19.1 Å². The van der Waals surface area contributed by atoms with E-state index in [-0.39, 0.29) is 0 Å². The molecule has 152 valence electrons. The average molecular weight is 412 g/mol. The predicted octanol–water partition coefficient (Wildman–Crippen LogP) is -2.20. The normalized spacial score (nSPS) is 28.7. The van der Waals surface area contributed by atoms with Crippen molar-refractivity contribution in [1.29, 1.82) is 0 Å². The molecule has 0 amide bonds. The highest BCUT2D eigenvalue weighted by Crippen LogP contribution is 2.39. The van der Waals surface area contributed by atoms with Crippen molar-refractivity contribution in [2.75, 3.05) is 6.61 Å². The third-order valence-electron chi connectivity index (χ3n) is 3.58. The van der Waals surface area contributed by atoms with E-state index >= 15 is 0 Å². The number of carboxylic acids is 1. The lowest BCUT2D eigenvalue weighted by molar-refractivity contribution is -0.276. The van der Waals surface area contributed by atoms with Crippen molar-refractivity contribution in [3.8, 4) is 17.2 Å². The van der Waals surface area contributed by atoms with Crippen LogP contribution in [-0.2, 0) is 19.3 Å². The fourth-order valence-electron chi connectivity index (χ4n) is 2.26. The number of carboxylic acid groups (broad SMARTS) is 1. The van der Waals surface area contributed by atoms with Gasteiger partial charge in [0.1, 0.15) is 24.4 Å². The van der Waals surface area contributed by atoms with Crippen molar-refractivity contribution in [3.63, 3.8) is 0 Å². The van der Waals surface area contributed by atoms with Gasteiger partial charge in [-0.25, -0.2) is 8.98 Å². The quantitative estimate of drug-likeness (QED) is 0.247. The molecule has 7 N–H and O–H groups in total. The number of rotatable bonds is 6. The van der Waals surface area contributed by atoms with Crippen LogP contribution in [0.5, 0.6) is 17.2 Å². The summed E-state index contributed by atoms with van der Waals surface area (Å²) in [5.41, 5.74) is -0.475. The van der Waals surface area contributed by atoms with Crippen molar-refractivity contribution in [2.24, 2.45) is 0 Å². The van der Waals surface area contributed by atoms with E-state index in [1.165, 1.54) is 0 Å². The van der Waals surface area contributed by atoms with Gasteiger partial charge in [0.2, 0.25) is 12.0 Å². The molecule has 1 aliphatic rings. The third kappa shape index (κ3) is 4.95. The standard InChI is InChI=1S/C13H16O13S/c14-5-1-4(12(19)20)2-6(15)11(5)26-13-10(18)9(17)8(16)7(25-13)3-24-27(21,22)23/h1-2,7-10,13-18H,3H2,(H,19,20)(H,21,22,23)/t7-,8+,9+,10+,13+/m1/s1. The van der Waals surface area contributed by atoms with Crippen LogP contribution in [-0.4, -0.2) is 86.9 Å². The van der Waals surface area contributed by atoms with E-state index in [1.54, 1.807) is 0 Å². The Bertz CT molecular complexity index is 783. The molecule has 27 heavy (non-hydrogen) atoms. The molecule has 14 heteroatoms. The molecule has 1 aromatic rings. The van der Waals surface area contributed by atoms with Gasteiger partial charge in [-0.2, -0.15) is 8.42 Å². The number of aliphatic hydroxyl groups excluding tert-OH is 3. The Balaban J connectivity index is 2.23. The lowest BCUT2D eigenvalue weighted by Gasteiger charge is -2.39. The van der Waals surface area contributed by atoms with Crippen LogP contribution in [0, 0.1) is 0 Å². The van der Waals surface area contributed by atoms with Gasteiger partial charge >= 0.3 is 16.4 Å². The van der Waals surface area contributed by atoms with E-state index < -0.39 is 76.5 Å². The first-order chi connectivity index (χ1) is 12.4. The van der Waals surface area contributed by atoms with Gasteiger partial charge < -0.3 is 40.1 Å². The number of phenols is 2. The van der Waals surface area contributed by atoms with Gasteiger partial charge in [-0.05, 0) is 12.1 Å². The summed E-state index contributed by atoms with van der Waals surface area (Å²) in [5, 5.41) is 58.0. The lowest BCUT2D eigenvalue weighted by atomic mass is 9.99. The van der Waals surface area contributed by atoms with Crippen molar-refractivity contribution in [2.45, 2.75) is 30.7 Å². The molecule has 13 nitrogen and oxygen atoms in total. The van der Waals surface area contributed by atoms with E-state index in [0.29, 0.717) is 0 Å². The Morgan fingerprint density at radius 3 is 2.11 bits per heavy atom. The maximum absolute atomic E-state index is 10.9. The summed E-state index contributed by atoms with van der Waals surface area (Å²) < 4.78 is 43.9. The summed E-state index contributed by atoms with van der Waals surface area (Å²) in [6.45, 7) is -0.959. The van der Waals surface area contributed by atoms with Crippen LogP contribution < -0.4 is 4.74 Å². The molecule has 0 radical (unpaired) electrons. The number of benzene rings is 1. The first-order valence-electron chi connectivity index (χ1n) is 7.18. The second kappa shape index (κ2) is 7.81. The van der Waals surface area contributed by atoms with Gasteiger partial charge in [0.05, 0.1) is 12.2 Å². The van der Waals surface area contributed by atoms with Crippen LogP contribution >= 0.6 is 0 Å². The fourth-order valence-corrected chi connectivity index (χ4v) is 2.57. The zero-order valence-electron chi connectivity index (χ0n) is 13.2. The number of carbonyl (C=O) groups is 1. The zero-order chi connectivity index (χ0) is 20.5. The highest BCUT2D eigenvalue weighted by atomic mass is 32.3. The minimum Gasteiger partial charge on any atom is -0.504 e. The molecule has 1 heterocycles. The van der Waals surface area contributed by atoms with Crippen molar-refractivity contribution in [3.05, 3.63) is 17.7 Å². The molecule has 1 fully saturated rings. The molecule has 1 aliphatic heterocycles. The van der Waals surface area contributed by atoms with Crippen molar-refractivity contribution in [1.82, 2.24) is 0 Å². The van der Waals surface area contributed by atoms with Crippen LogP contribution in [0.2, 0.25) is 0 Å². The molecule has 1 saturated heterocycles. The number of aromatic hydroxyl groups is 2. The van der Waals surface area contributed by atoms with Gasteiger partial charge in [-0.3, -0.25) is 4.55 Å². The number of aromatic carboxylic acids is 1. The lowest BCUT2D eigenvalue weighted by Crippen LogP contribution is -2.60. The van der Waals surface area contributed by atoms with Crippen LogP contribution in [0.25, 0.3) is 0 Å². The summed E-state index contributed by atoms with van der Waals surface area (Å²) in [6, 6.07) is 1.47. The third-order valence-corrected chi connectivity index (χ3v) is 4.01. The van der Waals surface area contributed by atoms with E-state index in [2.05, 4.69) is 4.18 Å². The molecule has 5 atom stereocenters. The van der Waals surface area contributed by atoms with Crippen LogP contribution in [0.1, 0.15) is 10.4 Å². The maximum atomic E-state index is 10.9. The fraction of sp³-hybridized carbons (Fsp3) is 0.462. The number of hydrogen-bond donors (Lipinski definition) is 7. The molecular weight excluding hydrogens is 396 g/mol. The minimum atomic E-state index is -4.89. The van der Waals surface area contributed by atoms with Gasteiger partial charge in [-0.1, -0.05) is 0 Å². The smallest absolute Gasteiger partial charge is 0.397 e. The van der Waals surface area contributed by atoms with Gasteiger partial charge in [0.25, 0.3) is 0 Å². The van der Waals surface area contributed by atoms with Gasteiger partial charge in [0.15, 0.2) is 11.5 Å². The topological polar surface area (TPSA) is 221 Å². The number of ether oxygens (including phenoxy) is 2. The summed E-state index contributed by atoms with van der Waals surface area (Å²) in [6.07, 6.45) is -9.11. The first-order valence-corrected chi connectivity index (χ1v) is 8.54. The molecule has 0 bridgehead atoms. The van der Waals surface area contributed by atoms with E-state index in [0.717, 1.165) is 12.1 Å². The zero-order valence-corrected chi connectivity index (χ0v) is 14.1. The monoisotopic (exact) mass is 412 g/mol. The maximum Gasteiger partial charge on any atom is 0.397 e. The number of hydrogen-bond acceptors (Lipinski definition) is 11. The molecule has 0 spiro atoms. The van der Waals surface area contributed by atoms with Crippen LogP contribution in [0.3, 0.4) is 0 Å². The second-order valence-electron chi connectivity index (χ2n) is 5.49. The van der Waals surface area contributed by atoms with Crippen LogP contribution in [0.15, 0.2) is 12.1 Å². The number of aliphatic hydroxyl groups is 3. The SMILES string of the molecule is O=C(O)c1cc(O)c(O[C@@H]2O[C@H](COS(=O)(=O)O)[C@H](O)[C@H](O)[C@@H]2O)c(O)c1. The molecule has 1 aromatic carbocycles. The van der Waals surface area contributed by atoms with E-state index in [1.807, 2.05) is 0 Å². The predicted molar refractivity (Wildman–Crippen MR) is 81.5 cm³/mol. The molecule has 2 rings (SSSR count). The molecule has 0 aromatic heterocycles.